The van der Waals surface area contributed by atoms with Crippen molar-refractivity contribution < 1.29 is 23.9 Å². The van der Waals surface area contributed by atoms with Crippen LogP contribution < -0.4 is 5.32 Å². The second-order valence-corrected chi connectivity index (χ2v) is 6.90. The van der Waals surface area contributed by atoms with E-state index in [-0.39, 0.29) is 31.2 Å². The summed E-state index contributed by atoms with van der Waals surface area (Å²) in [7, 11) is 0. The van der Waals surface area contributed by atoms with Gasteiger partial charge >= 0.3 is 5.97 Å². The molecule has 1 aliphatic heterocycles. The molecule has 7 nitrogen and oxygen atoms in total. The molecule has 0 saturated heterocycles. The van der Waals surface area contributed by atoms with Crippen LogP contribution in [0.4, 0.5) is 5.69 Å². The Kier molecular flexibility index (Phi) is 6.07. The van der Waals surface area contributed by atoms with Gasteiger partial charge in [-0.05, 0) is 50.1 Å². The molecule has 0 bridgehead atoms. The maximum Gasteiger partial charge on any atom is 0.306 e. The fourth-order valence-electron chi connectivity index (χ4n) is 3.10. The quantitative estimate of drug-likeness (QED) is 0.576. The van der Waals surface area contributed by atoms with E-state index < -0.39 is 18.0 Å². The zero-order chi connectivity index (χ0) is 21.0. The van der Waals surface area contributed by atoms with Crippen LogP contribution in [-0.2, 0) is 14.3 Å². The zero-order valence-corrected chi connectivity index (χ0v) is 16.3. The first-order valence-corrected chi connectivity index (χ1v) is 9.39. The van der Waals surface area contributed by atoms with Crippen LogP contribution >= 0.6 is 0 Å². The van der Waals surface area contributed by atoms with Crippen LogP contribution in [0.5, 0.6) is 0 Å². The number of carbonyl (C=O) groups excluding carboxylic acids is 4. The van der Waals surface area contributed by atoms with Gasteiger partial charge in [0.1, 0.15) is 0 Å². The van der Waals surface area contributed by atoms with Crippen molar-refractivity contribution in [3.63, 3.8) is 0 Å². The highest BCUT2D eigenvalue weighted by molar-refractivity contribution is 6.21. The van der Waals surface area contributed by atoms with Crippen molar-refractivity contribution in [3.8, 4) is 0 Å². The van der Waals surface area contributed by atoms with Crippen molar-refractivity contribution in [2.75, 3.05) is 11.9 Å². The third-order valence-electron chi connectivity index (χ3n) is 4.60. The van der Waals surface area contributed by atoms with E-state index >= 15 is 0 Å². The molecule has 0 radical (unpaired) electrons. The van der Waals surface area contributed by atoms with Gasteiger partial charge in [-0.15, -0.1) is 0 Å². The number of hydrogen-bond donors (Lipinski definition) is 1. The van der Waals surface area contributed by atoms with Crippen LogP contribution in [-0.4, -0.2) is 41.2 Å². The molecular formula is C22H22N2O5. The lowest BCUT2D eigenvalue weighted by Gasteiger charge is -2.15. The highest BCUT2D eigenvalue weighted by Gasteiger charge is 2.34. The summed E-state index contributed by atoms with van der Waals surface area (Å²) in [5, 5.41) is 2.70. The van der Waals surface area contributed by atoms with Crippen LogP contribution in [0.25, 0.3) is 0 Å². The number of amides is 3. The maximum atomic E-state index is 12.3. The van der Waals surface area contributed by atoms with Crippen LogP contribution in [0.3, 0.4) is 0 Å². The van der Waals surface area contributed by atoms with Crippen molar-refractivity contribution in [1.29, 1.82) is 0 Å². The number of carbonyl (C=O) groups is 4. The van der Waals surface area contributed by atoms with Gasteiger partial charge in [-0.25, -0.2) is 0 Å². The Morgan fingerprint density at radius 2 is 1.69 bits per heavy atom. The Morgan fingerprint density at radius 1 is 1.03 bits per heavy atom. The van der Waals surface area contributed by atoms with Gasteiger partial charge in [0.15, 0.2) is 6.10 Å². The molecule has 1 heterocycles. The van der Waals surface area contributed by atoms with Crippen molar-refractivity contribution in [3.05, 3.63) is 65.2 Å². The smallest absolute Gasteiger partial charge is 0.306 e. The fourth-order valence-corrected chi connectivity index (χ4v) is 3.10. The number of aryl methyl sites for hydroxylation is 1. The second-order valence-electron chi connectivity index (χ2n) is 6.90. The molecule has 0 fully saturated rings. The SMILES string of the molecule is Cc1cccc(NC(=O)[C@H](C)OC(=O)CCCN2C(=O)c3ccccc3C2=O)c1. The molecule has 0 aliphatic carbocycles. The molecule has 7 heteroatoms. The maximum absolute atomic E-state index is 12.3. The van der Waals surface area contributed by atoms with Gasteiger partial charge in [-0.2, -0.15) is 0 Å². The van der Waals surface area contributed by atoms with Gasteiger partial charge in [0, 0.05) is 18.7 Å². The molecule has 1 atom stereocenters. The largest absolute Gasteiger partial charge is 0.453 e. The molecule has 1 aliphatic rings. The summed E-state index contributed by atoms with van der Waals surface area (Å²) in [5.74, 6) is -1.70. The normalized spacial score (nSPS) is 13.8. The molecule has 3 amide bonds. The van der Waals surface area contributed by atoms with Crippen molar-refractivity contribution in [2.24, 2.45) is 0 Å². The molecular weight excluding hydrogens is 372 g/mol. The molecule has 2 aromatic carbocycles. The monoisotopic (exact) mass is 394 g/mol. The van der Waals surface area contributed by atoms with Crippen molar-refractivity contribution in [2.45, 2.75) is 32.8 Å². The summed E-state index contributed by atoms with van der Waals surface area (Å²) >= 11 is 0. The number of benzene rings is 2. The fraction of sp³-hybridized carbons (Fsp3) is 0.273. The highest BCUT2D eigenvalue weighted by atomic mass is 16.5. The third-order valence-corrected chi connectivity index (χ3v) is 4.60. The number of esters is 1. The van der Waals surface area contributed by atoms with Gasteiger partial charge in [-0.1, -0.05) is 24.3 Å². The van der Waals surface area contributed by atoms with E-state index in [4.69, 9.17) is 4.74 Å². The standard InChI is InChI=1S/C22H22N2O5/c1-14-7-5-8-16(13-14)23-20(26)15(2)29-19(25)11-6-12-24-21(27)17-9-3-4-10-18(17)22(24)28/h3-5,7-10,13,15H,6,11-12H2,1-2H3,(H,23,26)/t15-/m0/s1. The predicted octanol–water partition coefficient (Wildman–Crippen LogP) is 2.94. The Balaban J connectivity index is 1.45. The Bertz CT molecular complexity index is 934. The van der Waals surface area contributed by atoms with E-state index in [1.54, 1.807) is 30.3 Å². The lowest BCUT2D eigenvalue weighted by molar-refractivity contribution is -0.153. The zero-order valence-electron chi connectivity index (χ0n) is 16.3. The van der Waals surface area contributed by atoms with E-state index in [1.807, 2.05) is 25.1 Å². The van der Waals surface area contributed by atoms with Crippen molar-refractivity contribution in [1.82, 2.24) is 4.90 Å². The minimum Gasteiger partial charge on any atom is -0.453 e. The first-order chi connectivity index (χ1) is 13.9. The first-order valence-electron chi connectivity index (χ1n) is 9.39. The second kappa shape index (κ2) is 8.68. The number of imide groups is 1. The number of rotatable bonds is 7. The summed E-state index contributed by atoms with van der Waals surface area (Å²) in [6.45, 7) is 3.52. The van der Waals surface area contributed by atoms with Gasteiger partial charge in [0.05, 0.1) is 11.1 Å². The lowest BCUT2D eigenvalue weighted by Crippen LogP contribution is -2.32. The summed E-state index contributed by atoms with van der Waals surface area (Å²) < 4.78 is 5.16. The minimum absolute atomic E-state index is 0.00449. The molecule has 0 spiro atoms. The summed E-state index contributed by atoms with van der Waals surface area (Å²) in [6.07, 6.45) is -0.700. The minimum atomic E-state index is -0.956. The number of fused-ring (bicyclic) bond motifs is 1. The van der Waals surface area contributed by atoms with Crippen molar-refractivity contribution >= 4 is 29.4 Å². The van der Waals surface area contributed by atoms with Crippen LogP contribution in [0.1, 0.15) is 46.0 Å². The summed E-state index contributed by atoms with van der Waals surface area (Å²) in [4.78, 5) is 49.9. The molecule has 3 rings (SSSR count). The molecule has 150 valence electrons. The van der Waals surface area contributed by atoms with Gasteiger partial charge < -0.3 is 10.1 Å². The number of anilines is 1. The van der Waals surface area contributed by atoms with E-state index in [9.17, 15) is 19.2 Å². The number of ether oxygens (including phenoxy) is 1. The number of nitrogens with one attached hydrogen (secondary N) is 1. The summed E-state index contributed by atoms with van der Waals surface area (Å²) in [6, 6.07) is 13.9. The molecule has 1 N–H and O–H groups in total. The van der Waals surface area contributed by atoms with E-state index in [0.717, 1.165) is 10.5 Å². The Morgan fingerprint density at radius 3 is 2.31 bits per heavy atom. The average Bonchev–Trinajstić information content (AvgIpc) is 2.93. The number of hydrogen-bond acceptors (Lipinski definition) is 5. The lowest BCUT2D eigenvalue weighted by atomic mass is 10.1. The van der Waals surface area contributed by atoms with E-state index in [2.05, 4.69) is 5.32 Å². The molecule has 29 heavy (non-hydrogen) atoms. The molecule has 0 saturated carbocycles. The predicted molar refractivity (Wildman–Crippen MR) is 106 cm³/mol. The number of nitrogens with zero attached hydrogens (tertiary/aromatic N) is 1. The Hall–Kier alpha value is -3.48. The van der Waals surface area contributed by atoms with Crippen LogP contribution in [0, 0.1) is 6.92 Å². The Labute approximate surface area is 168 Å². The molecule has 0 aromatic heterocycles. The van der Waals surface area contributed by atoms with E-state index in [0.29, 0.717) is 16.8 Å². The summed E-state index contributed by atoms with van der Waals surface area (Å²) in [5.41, 5.74) is 2.38. The van der Waals surface area contributed by atoms with Gasteiger partial charge in [0.2, 0.25) is 0 Å². The molecule has 2 aromatic rings. The molecule has 0 unspecified atom stereocenters. The highest BCUT2D eigenvalue weighted by Crippen LogP contribution is 2.22. The van der Waals surface area contributed by atoms with Crippen LogP contribution in [0.15, 0.2) is 48.5 Å². The van der Waals surface area contributed by atoms with Crippen LogP contribution in [0.2, 0.25) is 0 Å². The third kappa shape index (κ3) is 4.68. The first kappa shape index (κ1) is 20.3. The topological polar surface area (TPSA) is 92.8 Å². The average molecular weight is 394 g/mol. The van der Waals surface area contributed by atoms with Gasteiger partial charge in [0.25, 0.3) is 17.7 Å². The van der Waals surface area contributed by atoms with Gasteiger partial charge in [-0.3, -0.25) is 24.1 Å². The van der Waals surface area contributed by atoms with E-state index in [1.165, 1.54) is 6.92 Å².